The molecular formula is C15H14BrNO3. The number of nitrogen functional groups attached to an aromatic ring is 1. The number of hydrogen-bond donors (Lipinski definition) is 1. The Labute approximate surface area is 125 Å². The molecule has 2 rings (SSSR count). The van der Waals surface area contributed by atoms with Crippen LogP contribution in [0.4, 0.5) is 5.69 Å². The van der Waals surface area contributed by atoms with Gasteiger partial charge >= 0.3 is 5.97 Å². The van der Waals surface area contributed by atoms with Gasteiger partial charge < -0.3 is 15.2 Å². The molecule has 4 nitrogen and oxygen atoms in total. The van der Waals surface area contributed by atoms with Crippen molar-refractivity contribution in [2.45, 2.75) is 6.92 Å². The van der Waals surface area contributed by atoms with E-state index in [0.717, 1.165) is 10.0 Å². The van der Waals surface area contributed by atoms with Crippen molar-refractivity contribution in [3.8, 4) is 11.5 Å². The highest BCUT2D eigenvalue weighted by atomic mass is 79.9. The first kappa shape index (κ1) is 14.4. The zero-order chi connectivity index (χ0) is 14.7. The Morgan fingerprint density at radius 3 is 2.65 bits per heavy atom. The number of carbonyl (C=O) groups is 1. The van der Waals surface area contributed by atoms with Gasteiger partial charge in [-0.2, -0.15) is 0 Å². The number of anilines is 1. The van der Waals surface area contributed by atoms with Crippen LogP contribution >= 0.6 is 15.9 Å². The van der Waals surface area contributed by atoms with Gasteiger partial charge in [-0.15, -0.1) is 0 Å². The summed E-state index contributed by atoms with van der Waals surface area (Å²) in [4.78, 5) is 11.6. The van der Waals surface area contributed by atoms with Crippen molar-refractivity contribution < 1.29 is 14.3 Å². The third kappa shape index (κ3) is 2.93. The number of halogens is 1. The van der Waals surface area contributed by atoms with Crippen LogP contribution in [0.25, 0.3) is 0 Å². The molecule has 0 unspecified atom stereocenters. The highest BCUT2D eigenvalue weighted by Crippen LogP contribution is 2.31. The number of para-hydroxylation sites is 1. The van der Waals surface area contributed by atoms with Gasteiger partial charge in [-0.1, -0.05) is 22.0 Å². The molecule has 0 saturated heterocycles. The summed E-state index contributed by atoms with van der Waals surface area (Å²) in [6.45, 7) is 1.96. The average Bonchev–Trinajstić information content (AvgIpc) is 2.44. The van der Waals surface area contributed by atoms with E-state index in [-0.39, 0.29) is 5.69 Å². The lowest BCUT2D eigenvalue weighted by molar-refractivity contribution is 0.0601. The third-order valence-corrected chi connectivity index (χ3v) is 3.72. The number of carbonyl (C=O) groups excluding carboxylic acids is 1. The van der Waals surface area contributed by atoms with Gasteiger partial charge in [0.2, 0.25) is 0 Å². The van der Waals surface area contributed by atoms with E-state index in [1.54, 1.807) is 18.2 Å². The Bertz CT molecular complexity index is 656. The van der Waals surface area contributed by atoms with Crippen molar-refractivity contribution in [1.29, 1.82) is 0 Å². The minimum atomic E-state index is -0.486. The second-order valence-corrected chi connectivity index (χ2v) is 5.08. The van der Waals surface area contributed by atoms with Crippen LogP contribution in [0.1, 0.15) is 15.9 Å². The molecule has 5 heteroatoms. The molecule has 104 valence electrons. The fraction of sp³-hybridized carbons (Fsp3) is 0.133. The van der Waals surface area contributed by atoms with Crippen molar-refractivity contribution >= 4 is 27.6 Å². The van der Waals surface area contributed by atoms with Gasteiger partial charge in [0.1, 0.15) is 5.75 Å². The van der Waals surface area contributed by atoms with E-state index >= 15 is 0 Å². The van der Waals surface area contributed by atoms with E-state index in [0.29, 0.717) is 17.1 Å². The Balaban J connectivity index is 2.34. The molecular weight excluding hydrogens is 322 g/mol. The van der Waals surface area contributed by atoms with Crippen molar-refractivity contribution in [2.24, 2.45) is 0 Å². The summed E-state index contributed by atoms with van der Waals surface area (Å²) in [6, 6.07) is 10.6. The van der Waals surface area contributed by atoms with E-state index < -0.39 is 5.97 Å². The average molecular weight is 336 g/mol. The van der Waals surface area contributed by atoms with Gasteiger partial charge in [0, 0.05) is 4.47 Å². The van der Waals surface area contributed by atoms with Crippen LogP contribution in [0.3, 0.4) is 0 Å². The second-order valence-electron chi connectivity index (χ2n) is 4.22. The predicted molar refractivity (Wildman–Crippen MR) is 81.1 cm³/mol. The molecule has 20 heavy (non-hydrogen) atoms. The molecule has 0 aromatic heterocycles. The zero-order valence-corrected chi connectivity index (χ0v) is 12.7. The molecule has 0 spiro atoms. The molecule has 0 aliphatic rings. The molecule has 0 fully saturated rings. The number of rotatable bonds is 3. The minimum absolute atomic E-state index is 0.264. The highest BCUT2D eigenvalue weighted by molar-refractivity contribution is 9.10. The Kier molecular flexibility index (Phi) is 4.29. The van der Waals surface area contributed by atoms with E-state index in [1.807, 2.05) is 25.1 Å². The van der Waals surface area contributed by atoms with Gasteiger partial charge in [0.05, 0.1) is 18.4 Å². The molecule has 0 atom stereocenters. The number of aryl methyl sites for hydroxylation is 1. The number of hydrogen-bond acceptors (Lipinski definition) is 4. The fourth-order valence-electron chi connectivity index (χ4n) is 1.73. The zero-order valence-electron chi connectivity index (χ0n) is 11.1. The highest BCUT2D eigenvalue weighted by Gasteiger charge is 2.14. The molecule has 2 N–H and O–H groups in total. The first-order chi connectivity index (χ1) is 9.52. The minimum Gasteiger partial charge on any atom is -0.465 e. The molecule has 2 aromatic rings. The molecule has 0 bridgehead atoms. The number of benzene rings is 2. The van der Waals surface area contributed by atoms with Crippen LogP contribution in [0.15, 0.2) is 40.9 Å². The van der Waals surface area contributed by atoms with Crippen LogP contribution in [-0.4, -0.2) is 13.1 Å². The van der Waals surface area contributed by atoms with Crippen molar-refractivity contribution in [3.63, 3.8) is 0 Å². The topological polar surface area (TPSA) is 61.5 Å². The first-order valence-corrected chi connectivity index (χ1v) is 6.73. The van der Waals surface area contributed by atoms with Gasteiger partial charge in [-0.05, 0) is 42.8 Å². The lowest BCUT2D eigenvalue weighted by Crippen LogP contribution is -2.06. The fourth-order valence-corrected chi connectivity index (χ4v) is 1.98. The molecule has 0 saturated carbocycles. The Morgan fingerprint density at radius 1 is 1.25 bits per heavy atom. The van der Waals surface area contributed by atoms with Crippen molar-refractivity contribution in [1.82, 2.24) is 0 Å². The Morgan fingerprint density at radius 2 is 2.00 bits per heavy atom. The maximum atomic E-state index is 11.6. The summed E-state index contributed by atoms with van der Waals surface area (Å²) in [5.74, 6) is 0.592. The summed E-state index contributed by atoms with van der Waals surface area (Å²) >= 11 is 3.43. The van der Waals surface area contributed by atoms with Crippen LogP contribution < -0.4 is 10.5 Å². The largest absolute Gasteiger partial charge is 0.465 e. The summed E-state index contributed by atoms with van der Waals surface area (Å²) in [7, 11) is 1.31. The maximum Gasteiger partial charge on any atom is 0.340 e. The number of esters is 1. The summed E-state index contributed by atoms with van der Waals surface area (Å²) in [5.41, 5.74) is 7.54. The lowest BCUT2D eigenvalue weighted by atomic mass is 10.1. The van der Waals surface area contributed by atoms with E-state index in [2.05, 4.69) is 20.7 Å². The Hall–Kier alpha value is -2.01. The normalized spacial score (nSPS) is 10.2. The number of nitrogens with two attached hydrogens (primary N) is 1. The molecule has 0 aliphatic heterocycles. The van der Waals surface area contributed by atoms with E-state index in [4.69, 9.17) is 10.5 Å². The van der Waals surface area contributed by atoms with Crippen LogP contribution in [0.2, 0.25) is 0 Å². The molecule has 2 aromatic carbocycles. The summed E-state index contributed by atoms with van der Waals surface area (Å²) < 4.78 is 11.4. The van der Waals surface area contributed by atoms with Gasteiger partial charge in [-0.25, -0.2) is 4.79 Å². The van der Waals surface area contributed by atoms with Gasteiger partial charge in [-0.3, -0.25) is 0 Å². The van der Waals surface area contributed by atoms with Crippen molar-refractivity contribution in [2.75, 3.05) is 12.8 Å². The number of ether oxygens (including phenoxy) is 2. The quantitative estimate of drug-likeness (QED) is 0.682. The number of methoxy groups -OCH3 is 1. The maximum absolute atomic E-state index is 11.6. The second kappa shape index (κ2) is 5.96. The smallest absolute Gasteiger partial charge is 0.340 e. The van der Waals surface area contributed by atoms with E-state index in [9.17, 15) is 4.79 Å². The lowest BCUT2D eigenvalue weighted by Gasteiger charge is -2.11. The van der Waals surface area contributed by atoms with Gasteiger partial charge in [0.15, 0.2) is 5.75 Å². The molecule has 0 radical (unpaired) electrons. The van der Waals surface area contributed by atoms with Gasteiger partial charge in [0.25, 0.3) is 0 Å². The van der Waals surface area contributed by atoms with Crippen LogP contribution in [0.5, 0.6) is 11.5 Å². The summed E-state index contributed by atoms with van der Waals surface area (Å²) in [6.07, 6.45) is 0. The summed E-state index contributed by atoms with van der Waals surface area (Å²) in [5, 5.41) is 0. The standard InChI is InChI=1S/C15H14BrNO3/c1-9-8-10(6-7-12(9)16)20-13-5-3-4-11(14(13)17)15(18)19-2/h3-8H,17H2,1-2H3. The molecule has 0 amide bonds. The predicted octanol–water partition coefficient (Wildman–Crippen LogP) is 3.92. The SMILES string of the molecule is COC(=O)c1cccc(Oc2ccc(Br)c(C)c2)c1N. The molecule has 0 heterocycles. The third-order valence-electron chi connectivity index (χ3n) is 2.83. The van der Waals surface area contributed by atoms with Crippen LogP contribution in [-0.2, 0) is 4.74 Å². The van der Waals surface area contributed by atoms with E-state index in [1.165, 1.54) is 7.11 Å². The van der Waals surface area contributed by atoms with Crippen molar-refractivity contribution in [3.05, 3.63) is 52.0 Å². The first-order valence-electron chi connectivity index (χ1n) is 5.93. The monoisotopic (exact) mass is 335 g/mol. The van der Waals surface area contributed by atoms with Crippen LogP contribution in [0, 0.1) is 6.92 Å². The molecule has 0 aliphatic carbocycles.